The lowest BCUT2D eigenvalue weighted by atomic mass is 9.99. The van der Waals surface area contributed by atoms with Crippen LogP contribution in [-0.4, -0.2) is 25.7 Å². The molecule has 3 rings (SSSR count). The van der Waals surface area contributed by atoms with Crippen LogP contribution in [0.3, 0.4) is 0 Å². The van der Waals surface area contributed by atoms with E-state index in [-0.39, 0.29) is 5.69 Å². The summed E-state index contributed by atoms with van der Waals surface area (Å²) < 4.78 is 1.84. The van der Waals surface area contributed by atoms with Gasteiger partial charge in [-0.15, -0.1) is 10.2 Å². The van der Waals surface area contributed by atoms with Crippen LogP contribution in [0.5, 0.6) is 0 Å². The Hall–Kier alpha value is -3.02. The minimum atomic E-state index is -0.548. The number of primary amides is 1. The fourth-order valence-electron chi connectivity index (χ4n) is 2.19. The lowest BCUT2D eigenvalue weighted by Gasteiger charge is -2.09. The van der Waals surface area contributed by atoms with Crippen LogP contribution in [0.4, 0.5) is 0 Å². The Balaban J connectivity index is 2.18. The molecular weight excluding hydrogens is 266 g/mol. The summed E-state index contributed by atoms with van der Waals surface area (Å²) >= 11 is 0. The molecule has 0 spiro atoms. The second-order valence-electron chi connectivity index (χ2n) is 4.61. The number of aryl methyl sites for hydroxylation is 1. The molecule has 0 radical (unpaired) electrons. The van der Waals surface area contributed by atoms with Crippen LogP contribution in [0.25, 0.3) is 22.5 Å². The van der Waals surface area contributed by atoms with E-state index >= 15 is 0 Å². The number of nitrogens with zero attached hydrogens (tertiary/aromatic N) is 4. The molecule has 104 valence electrons. The van der Waals surface area contributed by atoms with E-state index in [1.807, 2.05) is 41.9 Å². The molecule has 1 amide bonds. The molecule has 0 atom stereocenters. The van der Waals surface area contributed by atoms with Crippen LogP contribution < -0.4 is 5.73 Å². The average Bonchev–Trinajstić information content (AvgIpc) is 2.93. The summed E-state index contributed by atoms with van der Waals surface area (Å²) in [4.78, 5) is 15.3. The van der Waals surface area contributed by atoms with Gasteiger partial charge in [-0.3, -0.25) is 9.78 Å². The highest BCUT2D eigenvalue weighted by Gasteiger charge is 2.12. The maximum absolute atomic E-state index is 11.3. The second kappa shape index (κ2) is 5.16. The summed E-state index contributed by atoms with van der Waals surface area (Å²) in [5, 5.41) is 8.04. The Kier molecular flexibility index (Phi) is 3.19. The number of carbonyl (C=O) groups excluding carboxylic acids is 1. The van der Waals surface area contributed by atoms with Gasteiger partial charge in [0.2, 0.25) is 0 Å². The number of nitrogens with two attached hydrogens (primary N) is 1. The fraction of sp³-hybridized carbons (Fsp3) is 0.0667. The SMILES string of the molecule is Cn1cnnc1-c1ccccc1-c1ccnc(C(N)=O)c1. The first-order chi connectivity index (χ1) is 10.2. The molecule has 2 heterocycles. The molecule has 2 N–H and O–H groups in total. The van der Waals surface area contributed by atoms with Crippen molar-refractivity contribution in [1.82, 2.24) is 19.7 Å². The summed E-state index contributed by atoms with van der Waals surface area (Å²) in [5.74, 6) is 0.205. The van der Waals surface area contributed by atoms with Crippen molar-refractivity contribution < 1.29 is 4.79 Å². The maximum atomic E-state index is 11.3. The van der Waals surface area contributed by atoms with Crippen molar-refractivity contribution in [3.63, 3.8) is 0 Å². The standard InChI is InChI=1S/C15H13N5O/c1-20-9-18-19-15(20)12-5-3-2-4-11(12)10-6-7-17-13(8-10)14(16)21/h2-9H,1H3,(H2,16,21). The summed E-state index contributed by atoms with van der Waals surface area (Å²) in [6.07, 6.45) is 3.22. The maximum Gasteiger partial charge on any atom is 0.267 e. The van der Waals surface area contributed by atoms with Crippen molar-refractivity contribution in [2.24, 2.45) is 12.8 Å². The van der Waals surface area contributed by atoms with E-state index in [1.165, 1.54) is 0 Å². The third kappa shape index (κ3) is 2.38. The van der Waals surface area contributed by atoms with Crippen molar-refractivity contribution in [3.05, 3.63) is 54.6 Å². The molecule has 21 heavy (non-hydrogen) atoms. The fourth-order valence-corrected chi connectivity index (χ4v) is 2.19. The van der Waals surface area contributed by atoms with E-state index in [9.17, 15) is 4.79 Å². The van der Waals surface area contributed by atoms with Crippen LogP contribution in [0.1, 0.15) is 10.5 Å². The van der Waals surface area contributed by atoms with Gasteiger partial charge in [0.05, 0.1) is 0 Å². The minimum absolute atomic E-state index is 0.236. The third-order valence-corrected chi connectivity index (χ3v) is 3.20. The van der Waals surface area contributed by atoms with Gasteiger partial charge in [0, 0.05) is 18.8 Å². The summed E-state index contributed by atoms with van der Waals surface area (Å²) in [6.45, 7) is 0. The van der Waals surface area contributed by atoms with Gasteiger partial charge in [-0.2, -0.15) is 0 Å². The Morgan fingerprint density at radius 2 is 1.95 bits per heavy atom. The van der Waals surface area contributed by atoms with Crippen molar-refractivity contribution in [2.75, 3.05) is 0 Å². The number of benzene rings is 1. The van der Waals surface area contributed by atoms with Crippen molar-refractivity contribution in [3.8, 4) is 22.5 Å². The largest absolute Gasteiger partial charge is 0.364 e. The molecule has 0 aliphatic carbocycles. The molecular formula is C15H13N5O. The Morgan fingerprint density at radius 1 is 1.19 bits per heavy atom. The first kappa shape index (κ1) is 13.0. The number of carbonyl (C=O) groups is 1. The van der Waals surface area contributed by atoms with E-state index in [1.54, 1.807) is 18.6 Å². The first-order valence-electron chi connectivity index (χ1n) is 6.36. The molecule has 3 aromatic rings. The molecule has 0 saturated heterocycles. The van der Waals surface area contributed by atoms with Crippen molar-refractivity contribution in [2.45, 2.75) is 0 Å². The van der Waals surface area contributed by atoms with Crippen LogP contribution in [0.2, 0.25) is 0 Å². The second-order valence-corrected chi connectivity index (χ2v) is 4.61. The van der Waals surface area contributed by atoms with E-state index < -0.39 is 5.91 Å². The Morgan fingerprint density at radius 3 is 2.62 bits per heavy atom. The number of hydrogen-bond acceptors (Lipinski definition) is 4. The van der Waals surface area contributed by atoms with Gasteiger partial charge in [0.15, 0.2) is 5.82 Å². The normalized spacial score (nSPS) is 10.5. The molecule has 6 nitrogen and oxygen atoms in total. The van der Waals surface area contributed by atoms with Crippen molar-refractivity contribution in [1.29, 1.82) is 0 Å². The van der Waals surface area contributed by atoms with Crippen LogP contribution >= 0.6 is 0 Å². The molecule has 2 aromatic heterocycles. The number of amides is 1. The topological polar surface area (TPSA) is 86.7 Å². The highest BCUT2D eigenvalue weighted by Crippen LogP contribution is 2.30. The summed E-state index contributed by atoms with van der Waals surface area (Å²) in [5.41, 5.74) is 8.26. The molecule has 0 fully saturated rings. The highest BCUT2D eigenvalue weighted by molar-refractivity contribution is 5.93. The van der Waals surface area contributed by atoms with Crippen LogP contribution in [-0.2, 0) is 7.05 Å². The molecule has 6 heteroatoms. The van der Waals surface area contributed by atoms with Gasteiger partial charge < -0.3 is 10.3 Å². The summed E-state index contributed by atoms with van der Waals surface area (Å²) in [7, 11) is 1.88. The zero-order valence-corrected chi connectivity index (χ0v) is 11.4. The van der Waals surface area contributed by atoms with Gasteiger partial charge in [0.1, 0.15) is 12.0 Å². The van der Waals surface area contributed by atoms with Gasteiger partial charge in [-0.1, -0.05) is 24.3 Å². The van der Waals surface area contributed by atoms with Crippen LogP contribution in [0, 0.1) is 0 Å². The predicted molar refractivity (Wildman–Crippen MR) is 78.2 cm³/mol. The van der Waals surface area contributed by atoms with E-state index in [2.05, 4.69) is 15.2 Å². The molecule has 0 unspecified atom stereocenters. The van der Waals surface area contributed by atoms with E-state index in [0.717, 1.165) is 22.5 Å². The average molecular weight is 279 g/mol. The Bertz CT molecular complexity index is 809. The van der Waals surface area contributed by atoms with Gasteiger partial charge >= 0.3 is 0 Å². The molecule has 0 bridgehead atoms. The van der Waals surface area contributed by atoms with Crippen molar-refractivity contribution >= 4 is 5.91 Å². The van der Waals surface area contributed by atoms with E-state index in [4.69, 9.17) is 5.73 Å². The smallest absolute Gasteiger partial charge is 0.267 e. The number of hydrogen-bond donors (Lipinski definition) is 1. The lowest BCUT2D eigenvalue weighted by Crippen LogP contribution is -2.12. The zero-order chi connectivity index (χ0) is 14.8. The molecule has 0 saturated carbocycles. The monoisotopic (exact) mass is 279 g/mol. The third-order valence-electron chi connectivity index (χ3n) is 3.20. The van der Waals surface area contributed by atoms with E-state index in [0.29, 0.717) is 0 Å². The lowest BCUT2D eigenvalue weighted by molar-refractivity contribution is 0.0995. The number of rotatable bonds is 3. The summed E-state index contributed by atoms with van der Waals surface area (Å²) in [6, 6.07) is 11.3. The zero-order valence-electron chi connectivity index (χ0n) is 11.4. The molecule has 0 aliphatic rings. The minimum Gasteiger partial charge on any atom is -0.364 e. The van der Waals surface area contributed by atoms with Gasteiger partial charge in [-0.05, 0) is 23.3 Å². The first-order valence-corrected chi connectivity index (χ1v) is 6.36. The predicted octanol–water partition coefficient (Wildman–Crippen LogP) is 1.64. The number of aromatic nitrogens is 4. The highest BCUT2D eigenvalue weighted by atomic mass is 16.1. The Labute approximate surface area is 121 Å². The quantitative estimate of drug-likeness (QED) is 0.789. The van der Waals surface area contributed by atoms with Gasteiger partial charge in [-0.25, -0.2) is 0 Å². The molecule has 1 aromatic carbocycles. The molecule has 0 aliphatic heterocycles. The van der Waals surface area contributed by atoms with Gasteiger partial charge in [0.25, 0.3) is 5.91 Å². The number of pyridine rings is 1. The van der Waals surface area contributed by atoms with Crippen LogP contribution in [0.15, 0.2) is 48.9 Å².